The van der Waals surface area contributed by atoms with E-state index in [1.807, 2.05) is 31.3 Å². The largest absolute Gasteiger partial charge is 0.367 e. The first-order valence-corrected chi connectivity index (χ1v) is 8.54. The Morgan fingerprint density at radius 2 is 2.15 bits per heavy atom. The molecule has 0 bridgehead atoms. The zero-order valence-corrected chi connectivity index (χ0v) is 14.3. The zero-order chi connectivity index (χ0) is 17.9. The van der Waals surface area contributed by atoms with Crippen molar-refractivity contribution in [3.63, 3.8) is 0 Å². The van der Waals surface area contributed by atoms with Crippen LogP contribution in [0.3, 0.4) is 0 Å². The quantitative estimate of drug-likeness (QED) is 0.622. The molecule has 0 unspecified atom stereocenters. The van der Waals surface area contributed by atoms with Gasteiger partial charge in [0.05, 0.1) is 5.69 Å². The Balaban J connectivity index is 1.23. The Labute approximate surface area is 149 Å². The lowest BCUT2D eigenvalue weighted by Gasteiger charge is -2.06. The first kappa shape index (κ1) is 16.2. The van der Waals surface area contributed by atoms with Crippen LogP contribution in [0.1, 0.15) is 40.7 Å². The Kier molecular flexibility index (Phi) is 4.34. The Morgan fingerprint density at radius 1 is 1.27 bits per heavy atom. The third-order valence-electron chi connectivity index (χ3n) is 4.07. The molecule has 3 aromatic heterocycles. The Morgan fingerprint density at radius 3 is 2.85 bits per heavy atom. The molecule has 1 fully saturated rings. The molecule has 9 nitrogen and oxygen atoms in total. The fourth-order valence-electron chi connectivity index (χ4n) is 2.50. The summed E-state index contributed by atoms with van der Waals surface area (Å²) in [7, 11) is 0. The molecule has 0 aliphatic heterocycles. The summed E-state index contributed by atoms with van der Waals surface area (Å²) < 4.78 is 6.85. The zero-order valence-electron chi connectivity index (χ0n) is 14.3. The van der Waals surface area contributed by atoms with E-state index >= 15 is 0 Å². The summed E-state index contributed by atoms with van der Waals surface area (Å²) >= 11 is 0. The molecule has 1 amide bonds. The predicted molar refractivity (Wildman–Crippen MR) is 93.2 cm³/mol. The van der Waals surface area contributed by atoms with Crippen LogP contribution in [0.5, 0.6) is 0 Å². The van der Waals surface area contributed by atoms with Crippen molar-refractivity contribution in [2.24, 2.45) is 0 Å². The fraction of sp³-hybridized carbons (Fsp3) is 0.353. The smallest absolute Gasteiger partial charge is 0.273 e. The molecule has 134 valence electrons. The van der Waals surface area contributed by atoms with E-state index in [4.69, 9.17) is 4.52 Å². The fourth-order valence-corrected chi connectivity index (χ4v) is 2.50. The van der Waals surface area contributed by atoms with Crippen molar-refractivity contribution in [1.29, 1.82) is 0 Å². The number of nitrogens with one attached hydrogen (secondary N) is 2. The highest BCUT2D eigenvalue weighted by Crippen LogP contribution is 2.40. The molecular formula is C17H19N7O2. The normalized spacial score (nSPS) is 13.6. The van der Waals surface area contributed by atoms with Gasteiger partial charge in [0.15, 0.2) is 11.5 Å². The molecule has 0 atom stereocenters. The molecular weight excluding hydrogens is 334 g/mol. The molecule has 4 rings (SSSR count). The van der Waals surface area contributed by atoms with Crippen molar-refractivity contribution in [3.05, 3.63) is 47.6 Å². The maximum Gasteiger partial charge on any atom is 0.273 e. The third kappa shape index (κ3) is 3.71. The second-order valence-corrected chi connectivity index (χ2v) is 6.25. The summed E-state index contributed by atoms with van der Waals surface area (Å²) in [5.74, 6) is 2.28. The number of rotatable bonds is 7. The summed E-state index contributed by atoms with van der Waals surface area (Å²) in [6, 6.07) is 7.27. The third-order valence-corrected chi connectivity index (χ3v) is 4.07. The molecule has 0 radical (unpaired) electrons. The van der Waals surface area contributed by atoms with Crippen LogP contribution in [0.2, 0.25) is 0 Å². The van der Waals surface area contributed by atoms with Crippen LogP contribution in [0, 0.1) is 6.92 Å². The number of hydrogen-bond acceptors (Lipinski definition) is 7. The summed E-state index contributed by atoms with van der Waals surface area (Å²) in [5, 5.41) is 22.2. The molecule has 1 aliphatic rings. The van der Waals surface area contributed by atoms with Gasteiger partial charge in [-0.3, -0.25) is 4.79 Å². The van der Waals surface area contributed by atoms with Gasteiger partial charge >= 0.3 is 0 Å². The van der Waals surface area contributed by atoms with Gasteiger partial charge in [0, 0.05) is 31.3 Å². The number of hydrogen-bond donors (Lipinski definition) is 2. The SMILES string of the molecule is Cc1ccn(-c2ccc(NCCNC(=O)c3cc(C4CC4)on3)nn2)n1. The van der Waals surface area contributed by atoms with Crippen LogP contribution in [0.25, 0.3) is 5.82 Å². The lowest BCUT2D eigenvalue weighted by atomic mass is 10.3. The highest BCUT2D eigenvalue weighted by Gasteiger charge is 2.28. The maximum absolute atomic E-state index is 12.0. The van der Waals surface area contributed by atoms with Gasteiger partial charge in [-0.05, 0) is 38.0 Å². The van der Waals surface area contributed by atoms with E-state index in [1.165, 1.54) is 0 Å². The monoisotopic (exact) mass is 353 g/mol. The lowest BCUT2D eigenvalue weighted by Crippen LogP contribution is -2.29. The van der Waals surface area contributed by atoms with E-state index in [0.717, 1.165) is 24.3 Å². The number of amides is 1. The maximum atomic E-state index is 12.0. The molecule has 3 heterocycles. The standard InChI is InChI=1S/C17H19N7O2/c1-11-6-9-24(22-11)16-5-4-15(20-21-16)18-7-8-19-17(25)13-10-14(26-23-13)12-2-3-12/h4-6,9-10,12H,2-3,7-8H2,1H3,(H,18,20)(H,19,25). The summed E-state index contributed by atoms with van der Waals surface area (Å²) in [6.45, 7) is 2.88. The lowest BCUT2D eigenvalue weighted by molar-refractivity contribution is 0.0946. The van der Waals surface area contributed by atoms with E-state index in [-0.39, 0.29) is 5.91 Å². The van der Waals surface area contributed by atoms with Crippen LogP contribution in [0.15, 0.2) is 35.0 Å². The van der Waals surface area contributed by atoms with Gasteiger partial charge < -0.3 is 15.2 Å². The van der Waals surface area contributed by atoms with Gasteiger partial charge in [0.1, 0.15) is 11.6 Å². The highest BCUT2D eigenvalue weighted by molar-refractivity contribution is 5.92. The number of aryl methyl sites for hydroxylation is 1. The average Bonchev–Trinajstić information content (AvgIpc) is 3.22. The number of aromatic nitrogens is 5. The first-order valence-electron chi connectivity index (χ1n) is 8.54. The topological polar surface area (TPSA) is 111 Å². The predicted octanol–water partition coefficient (Wildman–Crippen LogP) is 1.68. The van der Waals surface area contributed by atoms with Crippen LogP contribution < -0.4 is 10.6 Å². The second-order valence-electron chi connectivity index (χ2n) is 6.25. The Hall–Kier alpha value is -3.23. The second kappa shape index (κ2) is 6.95. The van der Waals surface area contributed by atoms with Crippen molar-refractivity contribution in [3.8, 4) is 5.82 Å². The molecule has 26 heavy (non-hydrogen) atoms. The Bertz CT molecular complexity index is 896. The van der Waals surface area contributed by atoms with Crippen LogP contribution in [-0.4, -0.2) is 44.1 Å². The summed E-state index contributed by atoms with van der Waals surface area (Å²) in [5.41, 5.74) is 1.24. The van der Waals surface area contributed by atoms with Crippen LogP contribution >= 0.6 is 0 Å². The minimum atomic E-state index is -0.238. The van der Waals surface area contributed by atoms with Crippen molar-refractivity contribution in [2.45, 2.75) is 25.7 Å². The van der Waals surface area contributed by atoms with Gasteiger partial charge in [0.25, 0.3) is 5.91 Å². The number of anilines is 1. The molecule has 0 aromatic carbocycles. The number of carbonyl (C=O) groups excluding carboxylic acids is 1. The van der Waals surface area contributed by atoms with Gasteiger partial charge in [0.2, 0.25) is 0 Å². The minimum absolute atomic E-state index is 0.238. The van der Waals surface area contributed by atoms with Crippen molar-refractivity contribution in [1.82, 2.24) is 30.5 Å². The van der Waals surface area contributed by atoms with E-state index in [1.54, 1.807) is 10.7 Å². The van der Waals surface area contributed by atoms with E-state index in [0.29, 0.717) is 36.3 Å². The first-order chi connectivity index (χ1) is 12.7. The van der Waals surface area contributed by atoms with Gasteiger partial charge in [-0.2, -0.15) is 5.10 Å². The van der Waals surface area contributed by atoms with Gasteiger partial charge in [-0.1, -0.05) is 5.16 Å². The van der Waals surface area contributed by atoms with E-state index in [2.05, 4.69) is 31.1 Å². The number of carbonyl (C=O) groups is 1. The summed E-state index contributed by atoms with van der Waals surface area (Å²) in [6.07, 6.45) is 4.06. The van der Waals surface area contributed by atoms with Crippen LogP contribution in [0.4, 0.5) is 5.82 Å². The minimum Gasteiger partial charge on any atom is -0.367 e. The van der Waals surface area contributed by atoms with Crippen LogP contribution in [-0.2, 0) is 0 Å². The molecule has 3 aromatic rings. The van der Waals surface area contributed by atoms with E-state index < -0.39 is 0 Å². The van der Waals surface area contributed by atoms with E-state index in [9.17, 15) is 4.79 Å². The van der Waals surface area contributed by atoms with Gasteiger partial charge in [-0.25, -0.2) is 4.68 Å². The van der Waals surface area contributed by atoms with Gasteiger partial charge in [-0.15, -0.1) is 10.2 Å². The molecule has 9 heteroatoms. The number of nitrogens with zero attached hydrogens (tertiary/aromatic N) is 5. The molecule has 0 saturated heterocycles. The average molecular weight is 353 g/mol. The van der Waals surface area contributed by atoms with Crippen molar-refractivity contribution < 1.29 is 9.32 Å². The van der Waals surface area contributed by atoms with Crippen molar-refractivity contribution >= 4 is 11.7 Å². The molecule has 2 N–H and O–H groups in total. The molecule has 1 saturated carbocycles. The molecule has 1 aliphatic carbocycles. The molecule has 0 spiro atoms. The highest BCUT2D eigenvalue weighted by atomic mass is 16.5. The summed E-state index contributed by atoms with van der Waals surface area (Å²) in [4.78, 5) is 12.0. The van der Waals surface area contributed by atoms with Crippen molar-refractivity contribution in [2.75, 3.05) is 18.4 Å².